The standard InChI is InChI=1S/C13H19N3O3S/c1-10(13(17)15-9-3-8-14-2)20-12-6-4-11(5-7-12)16(18)19/h4-7,10,14H,3,8-9H2,1-2H3,(H,15,17). The summed E-state index contributed by atoms with van der Waals surface area (Å²) in [4.78, 5) is 22.8. The molecule has 0 aromatic heterocycles. The summed E-state index contributed by atoms with van der Waals surface area (Å²) >= 11 is 1.39. The maximum atomic E-state index is 11.8. The van der Waals surface area contributed by atoms with E-state index >= 15 is 0 Å². The number of carbonyl (C=O) groups excluding carboxylic acids is 1. The molecule has 1 atom stereocenters. The molecule has 0 fully saturated rings. The van der Waals surface area contributed by atoms with Crippen LogP contribution in [0.1, 0.15) is 13.3 Å². The molecule has 0 spiro atoms. The van der Waals surface area contributed by atoms with Crippen molar-refractivity contribution in [2.45, 2.75) is 23.5 Å². The van der Waals surface area contributed by atoms with Crippen LogP contribution in [0.25, 0.3) is 0 Å². The molecule has 0 aliphatic rings. The molecule has 110 valence electrons. The van der Waals surface area contributed by atoms with Crippen molar-refractivity contribution in [2.24, 2.45) is 0 Å². The molecule has 0 aliphatic heterocycles. The number of carbonyl (C=O) groups is 1. The van der Waals surface area contributed by atoms with Gasteiger partial charge in [-0.2, -0.15) is 0 Å². The Labute approximate surface area is 122 Å². The van der Waals surface area contributed by atoms with E-state index in [1.54, 1.807) is 12.1 Å². The van der Waals surface area contributed by atoms with Crippen LogP contribution in [0.4, 0.5) is 5.69 Å². The number of nitro groups is 1. The average molecular weight is 297 g/mol. The van der Waals surface area contributed by atoms with Crippen LogP contribution in [-0.2, 0) is 4.79 Å². The second-order valence-corrected chi connectivity index (χ2v) is 5.67. The van der Waals surface area contributed by atoms with Gasteiger partial charge in [0.25, 0.3) is 5.69 Å². The van der Waals surface area contributed by atoms with Crippen molar-refractivity contribution in [1.29, 1.82) is 0 Å². The van der Waals surface area contributed by atoms with Gasteiger partial charge in [-0.1, -0.05) is 0 Å². The summed E-state index contributed by atoms with van der Waals surface area (Å²) in [7, 11) is 1.87. The van der Waals surface area contributed by atoms with Crippen molar-refractivity contribution in [3.63, 3.8) is 0 Å². The topological polar surface area (TPSA) is 84.3 Å². The van der Waals surface area contributed by atoms with Gasteiger partial charge in [0, 0.05) is 23.6 Å². The maximum absolute atomic E-state index is 11.8. The highest BCUT2D eigenvalue weighted by molar-refractivity contribution is 8.00. The van der Waals surface area contributed by atoms with Gasteiger partial charge in [0.05, 0.1) is 10.2 Å². The van der Waals surface area contributed by atoms with E-state index in [0.717, 1.165) is 17.9 Å². The zero-order valence-corrected chi connectivity index (χ0v) is 12.4. The predicted octanol–water partition coefficient (Wildman–Crippen LogP) is 1.80. The third-order valence-electron chi connectivity index (χ3n) is 2.63. The van der Waals surface area contributed by atoms with Crippen LogP contribution in [0, 0.1) is 10.1 Å². The van der Waals surface area contributed by atoms with E-state index in [2.05, 4.69) is 10.6 Å². The fourth-order valence-corrected chi connectivity index (χ4v) is 2.42. The minimum Gasteiger partial charge on any atom is -0.355 e. The summed E-state index contributed by atoms with van der Waals surface area (Å²) in [5, 5.41) is 16.2. The highest BCUT2D eigenvalue weighted by Crippen LogP contribution is 2.25. The fraction of sp³-hybridized carbons (Fsp3) is 0.462. The van der Waals surface area contributed by atoms with Gasteiger partial charge in [-0.05, 0) is 39.1 Å². The van der Waals surface area contributed by atoms with E-state index in [9.17, 15) is 14.9 Å². The number of amides is 1. The van der Waals surface area contributed by atoms with Crippen LogP contribution in [0.15, 0.2) is 29.2 Å². The summed E-state index contributed by atoms with van der Waals surface area (Å²) in [6.45, 7) is 3.33. The predicted molar refractivity (Wildman–Crippen MR) is 80.0 cm³/mol. The van der Waals surface area contributed by atoms with Gasteiger partial charge in [0.1, 0.15) is 0 Å². The van der Waals surface area contributed by atoms with Crippen molar-refractivity contribution < 1.29 is 9.72 Å². The molecule has 0 bridgehead atoms. The highest BCUT2D eigenvalue weighted by Gasteiger charge is 2.14. The molecule has 0 heterocycles. The minimum absolute atomic E-state index is 0.0237. The number of non-ortho nitro benzene ring substituents is 1. The number of rotatable bonds is 8. The summed E-state index contributed by atoms with van der Waals surface area (Å²) in [5.74, 6) is -0.0237. The Morgan fingerprint density at radius 2 is 2.00 bits per heavy atom. The first kappa shape index (κ1) is 16.5. The first-order valence-electron chi connectivity index (χ1n) is 6.38. The number of nitro benzene ring substituents is 1. The summed E-state index contributed by atoms with van der Waals surface area (Å²) in [5.41, 5.74) is 0.0542. The summed E-state index contributed by atoms with van der Waals surface area (Å²) in [6, 6.07) is 6.21. The number of thioether (sulfide) groups is 1. The zero-order valence-electron chi connectivity index (χ0n) is 11.6. The van der Waals surface area contributed by atoms with E-state index in [-0.39, 0.29) is 16.8 Å². The van der Waals surface area contributed by atoms with Crippen molar-refractivity contribution in [1.82, 2.24) is 10.6 Å². The third-order valence-corrected chi connectivity index (χ3v) is 3.74. The van der Waals surface area contributed by atoms with Gasteiger partial charge in [-0.25, -0.2) is 0 Å². The molecular weight excluding hydrogens is 278 g/mol. The van der Waals surface area contributed by atoms with Gasteiger partial charge >= 0.3 is 0 Å². The second kappa shape index (κ2) is 8.55. The molecule has 1 aromatic rings. The lowest BCUT2D eigenvalue weighted by atomic mass is 10.3. The van der Waals surface area contributed by atoms with Crippen LogP contribution in [0.3, 0.4) is 0 Å². The molecule has 20 heavy (non-hydrogen) atoms. The molecule has 2 N–H and O–H groups in total. The molecule has 0 saturated carbocycles. The number of nitrogens with one attached hydrogen (secondary N) is 2. The van der Waals surface area contributed by atoms with Crippen LogP contribution in [0.2, 0.25) is 0 Å². The number of hydrogen-bond acceptors (Lipinski definition) is 5. The van der Waals surface area contributed by atoms with Crippen LogP contribution in [0.5, 0.6) is 0 Å². The molecule has 0 saturated heterocycles. The molecule has 1 aromatic carbocycles. The number of nitrogens with zero attached hydrogens (tertiary/aromatic N) is 1. The van der Waals surface area contributed by atoms with Gasteiger partial charge in [-0.15, -0.1) is 11.8 Å². The molecule has 6 nitrogen and oxygen atoms in total. The number of benzene rings is 1. The van der Waals surface area contributed by atoms with E-state index < -0.39 is 4.92 Å². The quantitative estimate of drug-likeness (QED) is 0.331. The van der Waals surface area contributed by atoms with Crippen LogP contribution in [-0.4, -0.2) is 36.2 Å². The first-order chi connectivity index (χ1) is 9.54. The fourth-order valence-electron chi connectivity index (χ4n) is 1.52. The van der Waals surface area contributed by atoms with Crippen molar-refractivity contribution in [3.8, 4) is 0 Å². The van der Waals surface area contributed by atoms with Gasteiger partial charge < -0.3 is 10.6 Å². The molecule has 1 unspecified atom stereocenters. The lowest BCUT2D eigenvalue weighted by molar-refractivity contribution is -0.384. The Hall–Kier alpha value is -1.60. The number of hydrogen-bond donors (Lipinski definition) is 2. The minimum atomic E-state index is -0.438. The Kier molecular flexibility index (Phi) is 7.03. The first-order valence-corrected chi connectivity index (χ1v) is 7.26. The zero-order chi connectivity index (χ0) is 15.0. The second-order valence-electron chi connectivity index (χ2n) is 4.26. The highest BCUT2D eigenvalue weighted by atomic mass is 32.2. The Balaban J connectivity index is 2.42. The largest absolute Gasteiger partial charge is 0.355 e. The molecule has 0 radical (unpaired) electrons. The molecule has 7 heteroatoms. The van der Waals surface area contributed by atoms with Crippen molar-refractivity contribution in [3.05, 3.63) is 34.4 Å². The summed E-state index contributed by atoms with van der Waals surface area (Å²) < 4.78 is 0. The van der Waals surface area contributed by atoms with Crippen molar-refractivity contribution in [2.75, 3.05) is 20.1 Å². The summed E-state index contributed by atoms with van der Waals surface area (Å²) in [6.07, 6.45) is 0.886. The van der Waals surface area contributed by atoms with E-state index in [1.807, 2.05) is 14.0 Å². The van der Waals surface area contributed by atoms with Crippen molar-refractivity contribution >= 4 is 23.4 Å². The van der Waals surface area contributed by atoms with E-state index in [0.29, 0.717) is 6.54 Å². The molecule has 1 rings (SSSR count). The normalized spacial score (nSPS) is 11.9. The monoisotopic (exact) mass is 297 g/mol. The molecular formula is C13H19N3O3S. The Morgan fingerprint density at radius 1 is 1.35 bits per heavy atom. The van der Waals surface area contributed by atoms with Gasteiger partial charge in [-0.3, -0.25) is 14.9 Å². The van der Waals surface area contributed by atoms with Gasteiger partial charge in [0.15, 0.2) is 0 Å². The molecule has 1 amide bonds. The Bertz CT molecular complexity index is 451. The van der Waals surface area contributed by atoms with Crippen LogP contribution < -0.4 is 10.6 Å². The molecule has 0 aliphatic carbocycles. The SMILES string of the molecule is CNCCCNC(=O)C(C)Sc1ccc([N+](=O)[O-])cc1. The lowest BCUT2D eigenvalue weighted by Gasteiger charge is -2.11. The lowest BCUT2D eigenvalue weighted by Crippen LogP contribution is -2.32. The van der Waals surface area contributed by atoms with E-state index in [4.69, 9.17) is 0 Å². The van der Waals surface area contributed by atoms with Gasteiger partial charge in [0.2, 0.25) is 5.91 Å². The van der Waals surface area contributed by atoms with Crippen LogP contribution >= 0.6 is 11.8 Å². The Morgan fingerprint density at radius 3 is 2.55 bits per heavy atom. The smallest absolute Gasteiger partial charge is 0.269 e. The average Bonchev–Trinajstić information content (AvgIpc) is 2.44. The maximum Gasteiger partial charge on any atom is 0.269 e. The third kappa shape index (κ3) is 5.58. The van der Waals surface area contributed by atoms with E-state index in [1.165, 1.54) is 23.9 Å².